The number of anilines is 2. The van der Waals surface area contributed by atoms with E-state index >= 15 is 0 Å². The van der Waals surface area contributed by atoms with Crippen LogP contribution in [0.25, 0.3) is 34.4 Å². The molecule has 0 aliphatic carbocycles. The molecule has 0 bridgehead atoms. The number of hydrogen-bond donors (Lipinski definition) is 2. The lowest BCUT2D eigenvalue weighted by Gasteiger charge is -2.05. The molecule has 0 saturated heterocycles. The first-order valence-electron chi connectivity index (χ1n) is 16.2. The van der Waals surface area contributed by atoms with Crippen LogP contribution in [0.2, 0.25) is 0 Å². The minimum atomic E-state index is -3.89. The second kappa shape index (κ2) is 15.3. The summed E-state index contributed by atoms with van der Waals surface area (Å²) in [6, 6.07) is 29.5. The van der Waals surface area contributed by atoms with Crippen molar-refractivity contribution in [2.75, 3.05) is 25.7 Å². The molecule has 282 valence electrons. The first-order valence-corrected chi connectivity index (χ1v) is 19.0. The highest BCUT2D eigenvalue weighted by Crippen LogP contribution is 2.39. The Labute approximate surface area is 319 Å². The second-order valence-electron chi connectivity index (χ2n) is 11.4. The Hall–Kier alpha value is -7.07. The molecule has 0 aliphatic rings. The minimum Gasteiger partial charge on any atom is -0.382 e. The number of rotatable bonds is 12. The molecule has 4 aromatic carbocycles. The molecule has 0 aliphatic heterocycles. The van der Waals surface area contributed by atoms with Crippen molar-refractivity contribution in [1.29, 1.82) is 0 Å². The first-order chi connectivity index (χ1) is 27.0. The van der Waals surface area contributed by atoms with Gasteiger partial charge in [-0.1, -0.05) is 60.7 Å². The topological polar surface area (TPSA) is 263 Å². The average molecular weight is 792 g/mol. The summed E-state index contributed by atoms with van der Waals surface area (Å²) < 4.78 is 59.9. The maximum atomic E-state index is 12.1. The lowest BCUT2D eigenvalue weighted by atomic mass is 10.1. The standard InChI is InChI=1S/C35H29N13O6S2/c1-53-55(49,50)26-17-13-24(14-18-26)41-43-30-28(22-9-5-3-6-10-22)45-47(32(30)36)34-38-21-39-35(40-34)48-33(37)31(29(46-48)23-11-7-4-8-12-23)44-42-25-15-19-27(20-16-25)56(51,52)54-2/h3-21H,36-37H2,1-2H3/b43-41+,44-42+. The van der Waals surface area contributed by atoms with E-state index in [1.54, 1.807) is 0 Å². The largest absolute Gasteiger partial charge is 0.382 e. The van der Waals surface area contributed by atoms with E-state index in [1.807, 2.05) is 60.7 Å². The first kappa shape index (κ1) is 37.3. The predicted molar refractivity (Wildman–Crippen MR) is 203 cm³/mol. The Balaban J connectivity index is 1.28. The van der Waals surface area contributed by atoms with Crippen LogP contribution in [0, 0.1) is 0 Å². The normalized spacial score (nSPS) is 12.2. The number of azo groups is 2. The summed E-state index contributed by atoms with van der Waals surface area (Å²) in [5.41, 5.74) is 16.3. The average Bonchev–Trinajstić information content (AvgIpc) is 3.75. The number of aromatic nitrogens is 7. The van der Waals surface area contributed by atoms with E-state index in [0.29, 0.717) is 33.9 Å². The molecular weight excluding hydrogens is 763 g/mol. The van der Waals surface area contributed by atoms with Crippen molar-refractivity contribution in [3.63, 3.8) is 0 Å². The van der Waals surface area contributed by atoms with Gasteiger partial charge in [-0.15, -0.1) is 10.2 Å². The Morgan fingerprint density at radius 2 is 0.911 bits per heavy atom. The third-order valence-corrected chi connectivity index (χ3v) is 10.6. The van der Waals surface area contributed by atoms with Crippen molar-refractivity contribution >= 4 is 54.6 Å². The molecule has 21 heteroatoms. The summed E-state index contributed by atoms with van der Waals surface area (Å²) >= 11 is 0. The SMILES string of the molecule is COS(=O)(=O)c1ccc(/N=N/c2c(-c3ccccc3)nn(-c3ncnc(-n4nc(-c5ccccc5)c(/N=N/c5ccc(S(=O)(=O)OC)cc5)c4N)n3)c2N)cc1. The molecule has 7 aromatic rings. The van der Waals surface area contributed by atoms with Crippen LogP contribution in [0.5, 0.6) is 0 Å². The number of nitrogens with zero attached hydrogens (tertiary/aromatic N) is 11. The molecule has 0 unspecified atom stereocenters. The number of nitrogens with two attached hydrogens (primary N) is 2. The van der Waals surface area contributed by atoms with Crippen molar-refractivity contribution in [2.45, 2.75) is 9.79 Å². The molecule has 3 heterocycles. The number of nitrogen functional groups attached to an aromatic ring is 2. The summed E-state index contributed by atoms with van der Waals surface area (Å²) in [5.74, 6) is 0.0393. The van der Waals surface area contributed by atoms with Crippen LogP contribution in [-0.4, -0.2) is 65.6 Å². The van der Waals surface area contributed by atoms with Gasteiger partial charge in [-0.2, -0.15) is 61.6 Å². The van der Waals surface area contributed by atoms with Gasteiger partial charge in [-0.25, -0.2) is 0 Å². The van der Waals surface area contributed by atoms with E-state index in [-0.39, 0.29) is 44.7 Å². The predicted octanol–water partition coefficient (Wildman–Crippen LogP) is 6.24. The van der Waals surface area contributed by atoms with Gasteiger partial charge < -0.3 is 11.5 Å². The lowest BCUT2D eigenvalue weighted by molar-refractivity contribution is 0.396. The highest BCUT2D eigenvalue weighted by atomic mass is 32.2. The van der Waals surface area contributed by atoms with Crippen molar-refractivity contribution in [3.8, 4) is 34.4 Å². The quantitative estimate of drug-likeness (QED) is 0.103. The highest BCUT2D eigenvalue weighted by molar-refractivity contribution is 7.87. The van der Waals surface area contributed by atoms with Gasteiger partial charge in [0, 0.05) is 11.1 Å². The molecule has 0 atom stereocenters. The monoisotopic (exact) mass is 791 g/mol. The summed E-state index contributed by atoms with van der Waals surface area (Å²) in [4.78, 5) is 13.1. The maximum absolute atomic E-state index is 12.1. The van der Waals surface area contributed by atoms with Gasteiger partial charge in [0.2, 0.25) is 0 Å². The van der Waals surface area contributed by atoms with Crippen LogP contribution < -0.4 is 11.5 Å². The summed E-state index contributed by atoms with van der Waals surface area (Å²) in [6.07, 6.45) is 1.23. The van der Waals surface area contributed by atoms with E-state index in [4.69, 9.17) is 11.5 Å². The van der Waals surface area contributed by atoms with Gasteiger partial charge in [-0.05, 0) is 48.5 Å². The lowest BCUT2D eigenvalue weighted by Crippen LogP contribution is -2.12. The third kappa shape index (κ3) is 7.50. The summed E-state index contributed by atoms with van der Waals surface area (Å²) in [5, 5.41) is 26.7. The number of hydrogen-bond acceptors (Lipinski definition) is 17. The van der Waals surface area contributed by atoms with Crippen LogP contribution >= 0.6 is 0 Å². The maximum Gasteiger partial charge on any atom is 0.296 e. The molecule has 56 heavy (non-hydrogen) atoms. The van der Waals surface area contributed by atoms with Crippen molar-refractivity contribution in [2.24, 2.45) is 20.5 Å². The van der Waals surface area contributed by atoms with Gasteiger partial charge in [0.15, 0.2) is 23.0 Å². The van der Waals surface area contributed by atoms with E-state index in [1.165, 1.54) is 64.2 Å². The van der Waals surface area contributed by atoms with Gasteiger partial charge in [-0.3, -0.25) is 8.37 Å². The van der Waals surface area contributed by atoms with Gasteiger partial charge in [0.05, 0.1) is 35.4 Å². The van der Waals surface area contributed by atoms with Crippen LogP contribution in [-0.2, 0) is 28.6 Å². The Bertz CT molecular complexity index is 2620. The molecule has 4 N–H and O–H groups in total. The fraction of sp³-hybridized carbons (Fsp3) is 0.0571. The summed E-state index contributed by atoms with van der Waals surface area (Å²) in [7, 11) is -5.63. The Morgan fingerprint density at radius 1 is 0.536 bits per heavy atom. The zero-order valence-corrected chi connectivity index (χ0v) is 30.9. The van der Waals surface area contributed by atoms with Gasteiger partial charge in [0.25, 0.3) is 32.1 Å². The molecule has 7 rings (SSSR count). The van der Waals surface area contributed by atoms with Crippen LogP contribution in [0.15, 0.2) is 146 Å². The Morgan fingerprint density at radius 3 is 1.27 bits per heavy atom. The molecular formula is C35H29N13O6S2. The fourth-order valence-electron chi connectivity index (χ4n) is 5.18. The van der Waals surface area contributed by atoms with E-state index in [9.17, 15) is 16.8 Å². The fourth-order valence-corrected chi connectivity index (χ4v) is 6.50. The van der Waals surface area contributed by atoms with Crippen molar-refractivity contribution < 1.29 is 25.2 Å². The molecule has 19 nitrogen and oxygen atoms in total. The number of benzene rings is 4. The molecule has 0 spiro atoms. The van der Waals surface area contributed by atoms with E-state index in [2.05, 4.69) is 54.0 Å². The van der Waals surface area contributed by atoms with Crippen LogP contribution in [0.1, 0.15) is 0 Å². The zero-order chi connectivity index (χ0) is 39.5. The van der Waals surface area contributed by atoms with Crippen molar-refractivity contribution in [3.05, 3.63) is 116 Å². The molecule has 0 radical (unpaired) electrons. The van der Waals surface area contributed by atoms with Gasteiger partial charge >= 0.3 is 0 Å². The van der Waals surface area contributed by atoms with Crippen LogP contribution in [0.4, 0.5) is 34.4 Å². The third-order valence-electron chi connectivity index (χ3n) is 8.03. The second-order valence-corrected chi connectivity index (χ2v) is 14.9. The van der Waals surface area contributed by atoms with Gasteiger partial charge in [0.1, 0.15) is 17.7 Å². The molecule has 0 amide bonds. The zero-order valence-electron chi connectivity index (χ0n) is 29.3. The van der Waals surface area contributed by atoms with Crippen molar-refractivity contribution in [1.82, 2.24) is 34.5 Å². The van der Waals surface area contributed by atoms with E-state index < -0.39 is 20.2 Å². The Kier molecular flexibility index (Phi) is 10.2. The van der Waals surface area contributed by atoms with E-state index in [0.717, 1.165) is 14.2 Å². The minimum absolute atomic E-state index is 0.00862. The summed E-state index contributed by atoms with van der Waals surface area (Å²) in [6.45, 7) is 0. The highest BCUT2D eigenvalue weighted by Gasteiger charge is 2.24. The smallest absolute Gasteiger partial charge is 0.296 e. The molecule has 0 saturated carbocycles. The molecule has 0 fully saturated rings. The van der Waals surface area contributed by atoms with Crippen LogP contribution in [0.3, 0.4) is 0 Å². The molecule has 3 aromatic heterocycles.